The van der Waals surface area contributed by atoms with E-state index in [-0.39, 0.29) is 30.5 Å². The molecule has 2 heterocycles. The van der Waals surface area contributed by atoms with Crippen molar-refractivity contribution in [1.82, 2.24) is 20.2 Å². The minimum atomic E-state index is -0.195. The van der Waals surface area contributed by atoms with E-state index in [0.29, 0.717) is 23.7 Å². The summed E-state index contributed by atoms with van der Waals surface area (Å²) in [4.78, 5) is 34.6. The lowest BCUT2D eigenvalue weighted by molar-refractivity contribution is -0.139. The molecular formula is C24H28N4O3. The van der Waals surface area contributed by atoms with E-state index in [4.69, 9.17) is 4.74 Å². The highest BCUT2D eigenvalue weighted by molar-refractivity contribution is 5.94. The Bertz CT molecular complexity index is 1020. The second kappa shape index (κ2) is 9.20. The number of nitrogens with one attached hydrogen (secondary N) is 2. The number of amides is 2. The Balaban J connectivity index is 1.29. The zero-order valence-electron chi connectivity index (χ0n) is 17.9. The summed E-state index contributed by atoms with van der Waals surface area (Å²) in [6, 6.07) is 15.1. The number of hydrogen-bond donors (Lipinski definition) is 2. The SMILES string of the molecule is CC1CCCC(C)N1C(=O)COc1ccc(C(=O)NCc2nc3ccccc3[nH]2)cc1. The van der Waals surface area contributed by atoms with Crippen molar-refractivity contribution in [3.05, 3.63) is 59.9 Å². The number of likely N-dealkylation sites (tertiary alicyclic amines) is 1. The summed E-state index contributed by atoms with van der Waals surface area (Å²) >= 11 is 0. The van der Waals surface area contributed by atoms with Crippen LogP contribution in [0.25, 0.3) is 11.0 Å². The van der Waals surface area contributed by atoms with Gasteiger partial charge in [-0.2, -0.15) is 0 Å². The van der Waals surface area contributed by atoms with E-state index < -0.39 is 0 Å². The number of H-pyrrole nitrogens is 1. The first-order valence-electron chi connectivity index (χ1n) is 10.8. The van der Waals surface area contributed by atoms with Gasteiger partial charge < -0.3 is 19.9 Å². The normalized spacial score (nSPS) is 18.7. The Hall–Kier alpha value is -3.35. The Morgan fingerprint density at radius 3 is 2.52 bits per heavy atom. The lowest BCUT2D eigenvalue weighted by Crippen LogP contribution is -2.49. The quantitative estimate of drug-likeness (QED) is 0.637. The number of nitrogens with zero attached hydrogens (tertiary/aromatic N) is 2. The first-order chi connectivity index (χ1) is 15.0. The highest BCUT2D eigenvalue weighted by Gasteiger charge is 2.28. The molecule has 1 aromatic heterocycles. The summed E-state index contributed by atoms with van der Waals surface area (Å²) in [6.07, 6.45) is 3.23. The molecule has 1 aliphatic rings. The van der Waals surface area contributed by atoms with E-state index in [0.717, 1.165) is 30.3 Å². The average molecular weight is 421 g/mol. The maximum Gasteiger partial charge on any atom is 0.260 e. The number of fused-ring (bicyclic) bond motifs is 1. The Kier molecular flexibility index (Phi) is 6.21. The molecule has 2 unspecified atom stereocenters. The molecule has 0 aliphatic carbocycles. The molecule has 162 valence electrons. The Morgan fingerprint density at radius 2 is 1.81 bits per heavy atom. The maximum absolute atomic E-state index is 12.6. The van der Waals surface area contributed by atoms with Crippen LogP contribution in [0, 0.1) is 0 Å². The van der Waals surface area contributed by atoms with Gasteiger partial charge in [-0.1, -0.05) is 12.1 Å². The number of carbonyl (C=O) groups excluding carboxylic acids is 2. The molecule has 0 spiro atoms. The van der Waals surface area contributed by atoms with Gasteiger partial charge in [-0.05, 0) is 69.5 Å². The van der Waals surface area contributed by atoms with Gasteiger partial charge >= 0.3 is 0 Å². The van der Waals surface area contributed by atoms with Crippen molar-refractivity contribution in [2.24, 2.45) is 0 Å². The van der Waals surface area contributed by atoms with Crippen molar-refractivity contribution in [1.29, 1.82) is 0 Å². The molecule has 4 rings (SSSR count). The third kappa shape index (κ3) is 4.87. The molecule has 31 heavy (non-hydrogen) atoms. The summed E-state index contributed by atoms with van der Waals surface area (Å²) < 4.78 is 5.68. The van der Waals surface area contributed by atoms with Gasteiger partial charge in [-0.15, -0.1) is 0 Å². The topological polar surface area (TPSA) is 87.3 Å². The summed E-state index contributed by atoms with van der Waals surface area (Å²) in [5.74, 6) is 1.08. The highest BCUT2D eigenvalue weighted by atomic mass is 16.5. The van der Waals surface area contributed by atoms with Gasteiger partial charge in [0.2, 0.25) is 0 Å². The van der Waals surface area contributed by atoms with Crippen LogP contribution < -0.4 is 10.1 Å². The average Bonchev–Trinajstić information content (AvgIpc) is 3.19. The first kappa shape index (κ1) is 20.9. The van der Waals surface area contributed by atoms with Gasteiger partial charge in [0.1, 0.15) is 11.6 Å². The highest BCUT2D eigenvalue weighted by Crippen LogP contribution is 2.23. The minimum absolute atomic E-state index is 0.00623. The van der Waals surface area contributed by atoms with Gasteiger partial charge in [0.05, 0.1) is 17.6 Å². The molecule has 2 amide bonds. The van der Waals surface area contributed by atoms with E-state index in [2.05, 4.69) is 29.1 Å². The summed E-state index contributed by atoms with van der Waals surface area (Å²) in [6.45, 7) is 4.50. The fourth-order valence-corrected chi connectivity index (χ4v) is 4.19. The summed E-state index contributed by atoms with van der Waals surface area (Å²) in [5.41, 5.74) is 2.33. The fourth-order valence-electron chi connectivity index (χ4n) is 4.19. The van der Waals surface area contributed by atoms with Crippen molar-refractivity contribution in [2.45, 2.75) is 51.7 Å². The maximum atomic E-state index is 12.6. The molecule has 1 saturated heterocycles. The lowest BCUT2D eigenvalue weighted by Gasteiger charge is -2.38. The molecule has 2 aromatic carbocycles. The van der Waals surface area contributed by atoms with Gasteiger partial charge in [-0.3, -0.25) is 9.59 Å². The number of imidazole rings is 1. The van der Waals surface area contributed by atoms with Crippen molar-refractivity contribution in [3.63, 3.8) is 0 Å². The molecule has 3 aromatic rings. The molecule has 7 heteroatoms. The van der Waals surface area contributed by atoms with Crippen LogP contribution in [0.2, 0.25) is 0 Å². The molecule has 2 N–H and O–H groups in total. The van der Waals surface area contributed by atoms with Crippen LogP contribution in [0.4, 0.5) is 0 Å². The molecule has 0 radical (unpaired) electrons. The van der Waals surface area contributed by atoms with E-state index in [1.807, 2.05) is 29.2 Å². The molecule has 1 aliphatic heterocycles. The monoisotopic (exact) mass is 420 g/mol. The fraction of sp³-hybridized carbons (Fsp3) is 0.375. The number of aromatic nitrogens is 2. The largest absolute Gasteiger partial charge is 0.484 e. The van der Waals surface area contributed by atoms with Crippen LogP contribution in [0.1, 0.15) is 49.3 Å². The Morgan fingerprint density at radius 1 is 1.10 bits per heavy atom. The number of para-hydroxylation sites is 2. The predicted octanol–water partition coefficient (Wildman–Crippen LogP) is 3.66. The van der Waals surface area contributed by atoms with Gasteiger partial charge in [-0.25, -0.2) is 4.98 Å². The number of carbonyl (C=O) groups is 2. The van der Waals surface area contributed by atoms with E-state index in [1.165, 1.54) is 0 Å². The third-order valence-electron chi connectivity index (χ3n) is 5.82. The van der Waals surface area contributed by atoms with Crippen LogP contribution in [0.5, 0.6) is 5.75 Å². The molecule has 7 nitrogen and oxygen atoms in total. The third-order valence-corrected chi connectivity index (χ3v) is 5.82. The smallest absolute Gasteiger partial charge is 0.260 e. The number of aromatic amines is 1. The van der Waals surface area contributed by atoms with Crippen molar-refractivity contribution in [2.75, 3.05) is 6.61 Å². The van der Waals surface area contributed by atoms with E-state index in [1.54, 1.807) is 24.3 Å². The van der Waals surface area contributed by atoms with Crippen molar-refractivity contribution in [3.8, 4) is 5.75 Å². The van der Waals surface area contributed by atoms with Gasteiger partial charge in [0.25, 0.3) is 11.8 Å². The molecule has 1 fully saturated rings. The summed E-state index contributed by atoms with van der Waals surface area (Å²) in [5, 5.41) is 2.86. The molecular weight excluding hydrogens is 392 g/mol. The molecule has 2 atom stereocenters. The Labute approximate surface area is 181 Å². The van der Waals surface area contributed by atoms with Crippen molar-refractivity contribution < 1.29 is 14.3 Å². The second-order valence-corrected chi connectivity index (χ2v) is 8.13. The van der Waals surface area contributed by atoms with Crippen molar-refractivity contribution >= 4 is 22.8 Å². The predicted molar refractivity (Wildman–Crippen MR) is 119 cm³/mol. The number of rotatable bonds is 6. The van der Waals surface area contributed by atoms with Crippen LogP contribution in [0.15, 0.2) is 48.5 Å². The van der Waals surface area contributed by atoms with Gasteiger partial charge in [0, 0.05) is 17.6 Å². The van der Waals surface area contributed by atoms with E-state index in [9.17, 15) is 9.59 Å². The van der Waals surface area contributed by atoms with Crippen LogP contribution in [-0.4, -0.2) is 45.4 Å². The number of hydrogen-bond acceptors (Lipinski definition) is 4. The lowest BCUT2D eigenvalue weighted by atomic mass is 9.97. The molecule has 0 saturated carbocycles. The van der Waals surface area contributed by atoms with Crippen LogP contribution in [-0.2, 0) is 11.3 Å². The zero-order chi connectivity index (χ0) is 21.8. The second-order valence-electron chi connectivity index (χ2n) is 8.13. The summed E-state index contributed by atoms with van der Waals surface area (Å²) in [7, 11) is 0. The first-order valence-corrected chi connectivity index (χ1v) is 10.8. The van der Waals surface area contributed by atoms with E-state index >= 15 is 0 Å². The van der Waals surface area contributed by atoms with Gasteiger partial charge in [0.15, 0.2) is 6.61 Å². The zero-order valence-corrected chi connectivity index (χ0v) is 17.9. The molecule has 0 bridgehead atoms. The minimum Gasteiger partial charge on any atom is -0.484 e. The number of piperidine rings is 1. The van der Waals surface area contributed by atoms with Crippen LogP contribution in [0.3, 0.4) is 0 Å². The number of benzene rings is 2. The number of ether oxygens (including phenoxy) is 1. The van der Waals surface area contributed by atoms with Crippen LogP contribution >= 0.6 is 0 Å². The standard InChI is InChI=1S/C24H28N4O3/c1-16-6-5-7-17(2)28(16)23(29)15-31-19-12-10-18(11-13-19)24(30)25-14-22-26-20-8-3-4-9-21(20)27-22/h3-4,8-13,16-17H,5-7,14-15H2,1-2H3,(H,25,30)(H,26,27).